The summed E-state index contributed by atoms with van der Waals surface area (Å²) in [6.45, 7) is -0.304. The Hall–Kier alpha value is -2.32. The molecule has 0 spiro atoms. The van der Waals surface area contributed by atoms with Gasteiger partial charge in [0, 0.05) is 14.1 Å². The van der Waals surface area contributed by atoms with Gasteiger partial charge in [-0.05, 0) is 12.1 Å². The zero-order valence-corrected chi connectivity index (χ0v) is 10.8. The van der Waals surface area contributed by atoms with Gasteiger partial charge in [0.15, 0.2) is 0 Å². The zero-order chi connectivity index (χ0) is 15.5. The number of nitrogens with one attached hydrogen (secondary N) is 1. The van der Waals surface area contributed by atoms with Crippen molar-refractivity contribution in [3.63, 3.8) is 0 Å². The van der Waals surface area contributed by atoms with Crippen LogP contribution in [0, 0.1) is 0 Å². The second-order valence-corrected chi connectivity index (χ2v) is 4.10. The lowest BCUT2D eigenvalue weighted by molar-refractivity contribution is -0.141. The molecule has 0 saturated carbocycles. The van der Waals surface area contributed by atoms with E-state index >= 15 is 0 Å². The molecule has 0 radical (unpaired) electrons. The molecule has 0 aliphatic carbocycles. The number of carbonyl (C=O) groups is 2. The van der Waals surface area contributed by atoms with E-state index in [-0.39, 0.29) is 23.8 Å². The highest BCUT2D eigenvalue weighted by Crippen LogP contribution is 2.29. The molecule has 9 heteroatoms. The first kappa shape index (κ1) is 15.7. The molecule has 110 valence electrons. The summed E-state index contributed by atoms with van der Waals surface area (Å²) in [5, 5.41) is 2.39. The number of rotatable bonds is 4. The zero-order valence-electron chi connectivity index (χ0n) is 10.8. The van der Waals surface area contributed by atoms with Crippen LogP contribution < -0.4 is 11.1 Å². The average molecular weight is 290 g/mol. The van der Waals surface area contributed by atoms with Crippen LogP contribution in [-0.2, 0) is 11.0 Å². The number of nitrogens with two attached hydrogens (primary N) is 1. The van der Waals surface area contributed by atoms with Gasteiger partial charge in [0.25, 0.3) is 5.91 Å². The third kappa shape index (κ3) is 3.84. The number of nitrogens with zero attached hydrogens (tertiary/aromatic N) is 2. The molecule has 0 saturated heterocycles. The Morgan fingerprint density at radius 2 is 1.95 bits per heavy atom. The van der Waals surface area contributed by atoms with Crippen molar-refractivity contribution in [2.45, 2.75) is 6.18 Å². The fourth-order valence-electron chi connectivity index (χ4n) is 1.27. The van der Waals surface area contributed by atoms with Crippen LogP contribution in [0.4, 0.5) is 19.0 Å². The molecule has 0 aliphatic rings. The number of amides is 2. The topological polar surface area (TPSA) is 88.3 Å². The number of pyridine rings is 1. The summed E-state index contributed by atoms with van der Waals surface area (Å²) < 4.78 is 37.6. The van der Waals surface area contributed by atoms with Gasteiger partial charge in [-0.25, -0.2) is 4.98 Å². The van der Waals surface area contributed by atoms with Gasteiger partial charge in [-0.3, -0.25) is 9.59 Å². The number of anilines is 1. The SMILES string of the molecule is CN(C)C(=O)CNc1nc(C(F)(F)F)ccc1C(N)=O. The fourth-order valence-corrected chi connectivity index (χ4v) is 1.27. The Morgan fingerprint density at radius 1 is 1.35 bits per heavy atom. The summed E-state index contributed by atoms with van der Waals surface area (Å²) in [5.74, 6) is -1.70. The van der Waals surface area contributed by atoms with Crippen LogP contribution in [0.3, 0.4) is 0 Å². The number of halogens is 3. The van der Waals surface area contributed by atoms with Crippen LogP contribution in [0.25, 0.3) is 0 Å². The molecule has 0 aliphatic heterocycles. The van der Waals surface area contributed by atoms with Crippen molar-refractivity contribution >= 4 is 17.6 Å². The molecule has 0 atom stereocenters. The van der Waals surface area contributed by atoms with Gasteiger partial charge in [-0.2, -0.15) is 13.2 Å². The molecular weight excluding hydrogens is 277 g/mol. The van der Waals surface area contributed by atoms with Gasteiger partial charge in [0.1, 0.15) is 11.5 Å². The van der Waals surface area contributed by atoms with E-state index in [0.29, 0.717) is 6.07 Å². The third-order valence-electron chi connectivity index (χ3n) is 2.36. The van der Waals surface area contributed by atoms with Crippen LogP contribution >= 0.6 is 0 Å². The maximum Gasteiger partial charge on any atom is 0.433 e. The molecule has 0 bridgehead atoms. The fraction of sp³-hybridized carbons (Fsp3) is 0.364. The van der Waals surface area contributed by atoms with Crippen molar-refractivity contribution in [1.29, 1.82) is 0 Å². The van der Waals surface area contributed by atoms with Crippen LogP contribution in [-0.4, -0.2) is 42.3 Å². The predicted octanol–water partition coefficient (Wildman–Crippen LogP) is 0.699. The lowest BCUT2D eigenvalue weighted by Gasteiger charge is -2.14. The van der Waals surface area contributed by atoms with Crippen molar-refractivity contribution in [1.82, 2.24) is 9.88 Å². The van der Waals surface area contributed by atoms with E-state index in [9.17, 15) is 22.8 Å². The minimum Gasteiger partial charge on any atom is -0.365 e. The molecule has 0 aromatic carbocycles. The average Bonchev–Trinajstić information content (AvgIpc) is 2.34. The van der Waals surface area contributed by atoms with Gasteiger partial charge < -0.3 is 16.0 Å². The summed E-state index contributed by atoms with van der Waals surface area (Å²) in [4.78, 5) is 27.0. The van der Waals surface area contributed by atoms with E-state index in [1.165, 1.54) is 19.0 Å². The van der Waals surface area contributed by atoms with Crippen LogP contribution in [0.1, 0.15) is 16.1 Å². The Labute approximate surface area is 112 Å². The van der Waals surface area contributed by atoms with Crippen LogP contribution in [0.15, 0.2) is 12.1 Å². The van der Waals surface area contributed by atoms with E-state index in [1.807, 2.05) is 0 Å². The third-order valence-corrected chi connectivity index (χ3v) is 2.36. The van der Waals surface area contributed by atoms with Crippen molar-refractivity contribution in [2.75, 3.05) is 26.0 Å². The van der Waals surface area contributed by atoms with E-state index in [2.05, 4.69) is 10.3 Å². The quantitative estimate of drug-likeness (QED) is 0.854. The molecule has 0 unspecified atom stereocenters. The monoisotopic (exact) mass is 290 g/mol. The standard InChI is InChI=1S/C11H13F3N4O2/c1-18(2)8(19)5-16-10-6(9(15)20)3-4-7(17-10)11(12,13)14/h3-4H,5H2,1-2H3,(H2,15,20)(H,16,17). The van der Waals surface area contributed by atoms with E-state index in [1.54, 1.807) is 0 Å². The van der Waals surface area contributed by atoms with Crippen molar-refractivity contribution in [3.05, 3.63) is 23.4 Å². The van der Waals surface area contributed by atoms with Gasteiger partial charge in [0.2, 0.25) is 5.91 Å². The molecule has 1 rings (SSSR count). The van der Waals surface area contributed by atoms with Gasteiger partial charge >= 0.3 is 6.18 Å². The van der Waals surface area contributed by atoms with E-state index < -0.39 is 17.8 Å². The smallest absolute Gasteiger partial charge is 0.365 e. The van der Waals surface area contributed by atoms with Gasteiger partial charge in [-0.1, -0.05) is 0 Å². The van der Waals surface area contributed by atoms with Crippen LogP contribution in [0.5, 0.6) is 0 Å². The van der Waals surface area contributed by atoms with Crippen molar-refractivity contribution in [2.24, 2.45) is 5.73 Å². The molecule has 6 nitrogen and oxygen atoms in total. The minimum atomic E-state index is -4.65. The first-order valence-electron chi connectivity index (χ1n) is 5.45. The maximum atomic E-state index is 12.5. The second kappa shape index (κ2) is 5.76. The number of hydrogen-bond acceptors (Lipinski definition) is 4. The maximum absolute atomic E-state index is 12.5. The Bertz CT molecular complexity index is 529. The molecule has 0 fully saturated rings. The van der Waals surface area contributed by atoms with Gasteiger partial charge in [0.05, 0.1) is 12.1 Å². The van der Waals surface area contributed by atoms with E-state index in [4.69, 9.17) is 5.73 Å². The first-order valence-corrected chi connectivity index (χ1v) is 5.45. The molecular formula is C11H13F3N4O2. The highest BCUT2D eigenvalue weighted by molar-refractivity contribution is 5.98. The Kier molecular flexibility index (Phi) is 4.53. The number of aromatic nitrogens is 1. The lowest BCUT2D eigenvalue weighted by Crippen LogP contribution is -2.30. The molecule has 20 heavy (non-hydrogen) atoms. The van der Waals surface area contributed by atoms with Crippen LogP contribution in [0.2, 0.25) is 0 Å². The minimum absolute atomic E-state index is 0.218. The number of carbonyl (C=O) groups excluding carboxylic acids is 2. The van der Waals surface area contributed by atoms with Crippen molar-refractivity contribution in [3.8, 4) is 0 Å². The Morgan fingerprint density at radius 3 is 2.40 bits per heavy atom. The number of primary amides is 1. The molecule has 1 heterocycles. The molecule has 2 amide bonds. The molecule has 1 aromatic heterocycles. The molecule has 1 aromatic rings. The summed E-state index contributed by atoms with van der Waals surface area (Å²) in [6.07, 6.45) is -4.65. The summed E-state index contributed by atoms with van der Waals surface area (Å²) >= 11 is 0. The lowest BCUT2D eigenvalue weighted by atomic mass is 10.2. The summed E-state index contributed by atoms with van der Waals surface area (Å²) in [5.41, 5.74) is 3.65. The van der Waals surface area contributed by atoms with Gasteiger partial charge in [-0.15, -0.1) is 0 Å². The summed E-state index contributed by atoms with van der Waals surface area (Å²) in [7, 11) is 2.97. The summed E-state index contributed by atoms with van der Waals surface area (Å²) in [6, 6.07) is 1.57. The molecule has 3 N–H and O–H groups in total. The normalized spacial score (nSPS) is 11.1. The Balaban J connectivity index is 3.07. The number of alkyl halides is 3. The number of likely N-dealkylation sites (N-methyl/N-ethyl adjacent to an activating group) is 1. The highest BCUT2D eigenvalue weighted by Gasteiger charge is 2.33. The largest absolute Gasteiger partial charge is 0.433 e. The van der Waals surface area contributed by atoms with Crippen molar-refractivity contribution < 1.29 is 22.8 Å². The predicted molar refractivity (Wildman–Crippen MR) is 64.9 cm³/mol. The first-order chi connectivity index (χ1) is 9.12. The second-order valence-electron chi connectivity index (χ2n) is 4.10. The van der Waals surface area contributed by atoms with E-state index in [0.717, 1.165) is 6.07 Å². The number of hydrogen-bond donors (Lipinski definition) is 2. The highest BCUT2D eigenvalue weighted by atomic mass is 19.4.